The summed E-state index contributed by atoms with van der Waals surface area (Å²) in [5, 5.41) is 0. The van der Waals surface area contributed by atoms with Gasteiger partial charge in [0, 0.05) is 45.0 Å². The number of carbonyl (C=O) groups excluding carboxylic acids is 1. The summed E-state index contributed by atoms with van der Waals surface area (Å²) >= 11 is 3.35. The highest BCUT2D eigenvalue weighted by Crippen LogP contribution is 2.23. The minimum absolute atomic E-state index is 0.337. The van der Waals surface area contributed by atoms with E-state index in [2.05, 4.69) is 30.8 Å². The molecule has 0 aromatic carbocycles. The molecular formula is C14H19BrN4O. The first kappa shape index (κ1) is 13.8. The maximum absolute atomic E-state index is 11.7. The Morgan fingerprint density at radius 2 is 1.90 bits per heavy atom. The van der Waals surface area contributed by atoms with E-state index in [0.717, 1.165) is 62.3 Å². The highest BCUT2D eigenvalue weighted by atomic mass is 79.9. The summed E-state index contributed by atoms with van der Waals surface area (Å²) in [6.45, 7) is 3.85. The van der Waals surface area contributed by atoms with Crippen LogP contribution in [0.5, 0.6) is 0 Å². The number of nitrogens with zero attached hydrogens (tertiary/aromatic N) is 4. The van der Waals surface area contributed by atoms with E-state index in [1.807, 2.05) is 4.90 Å². The molecule has 5 nitrogen and oxygen atoms in total. The largest absolute Gasteiger partial charge is 0.342 e. The molecule has 3 heterocycles. The molecule has 2 aliphatic heterocycles. The standard InChI is InChI=1S/C14H19BrN4O/c15-12-8-16-14(17-9-12)18-6-3-11(4-7-18)10-19-5-1-2-13(19)20/h8-9,11H,1-7,10H2. The molecule has 2 saturated heterocycles. The Labute approximate surface area is 127 Å². The van der Waals surface area contributed by atoms with E-state index in [9.17, 15) is 4.79 Å². The van der Waals surface area contributed by atoms with E-state index in [1.165, 1.54) is 0 Å². The summed E-state index contributed by atoms with van der Waals surface area (Å²) in [5.41, 5.74) is 0. The monoisotopic (exact) mass is 338 g/mol. The molecule has 108 valence electrons. The summed E-state index contributed by atoms with van der Waals surface area (Å²) in [7, 11) is 0. The third kappa shape index (κ3) is 3.11. The number of rotatable bonds is 3. The number of hydrogen-bond donors (Lipinski definition) is 0. The Kier molecular flexibility index (Phi) is 4.19. The fourth-order valence-corrected chi connectivity index (χ4v) is 3.20. The zero-order chi connectivity index (χ0) is 13.9. The third-order valence-corrected chi connectivity index (χ3v) is 4.56. The molecule has 3 rings (SSSR count). The van der Waals surface area contributed by atoms with Crippen LogP contribution < -0.4 is 4.90 Å². The predicted octanol–water partition coefficient (Wildman–Crippen LogP) is 2.08. The number of halogens is 1. The predicted molar refractivity (Wildman–Crippen MR) is 80.5 cm³/mol. The Hall–Kier alpha value is -1.17. The molecule has 0 N–H and O–H groups in total. The van der Waals surface area contributed by atoms with Crippen LogP contribution >= 0.6 is 15.9 Å². The smallest absolute Gasteiger partial charge is 0.225 e. The first-order valence-corrected chi connectivity index (χ1v) is 8.02. The van der Waals surface area contributed by atoms with Crippen LogP contribution in [0.2, 0.25) is 0 Å². The lowest BCUT2D eigenvalue weighted by atomic mass is 9.96. The van der Waals surface area contributed by atoms with Crippen molar-refractivity contribution in [2.75, 3.05) is 31.1 Å². The number of piperidine rings is 1. The lowest BCUT2D eigenvalue weighted by Gasteiger charge is -2.33. The molecule has 0 saturated carbocycles. The van der Waals surface area contributed by atoms with E-state index in [1.54, 1.807) is 12.4 Å². The molecule has 0 radical (unpaired) electrons. The molecule has 1 aromatic rings. The molecule has 1 amide bonds. The van der Waals surface area contributed by atoms with Crippen LogP contribution in [-0.2, 0) is 4.79 Å². The van der Waals surface area contributed by atoms with Crippen LogP contribution in [0.1, 0.15) is 25.7 Å². The average Bonchev–Trinajstić information content (AvgIpc) is 2.86. The van der Waals surface area contributed by atoms with Gasteiger partial charge in [0.2, 0.25) is 11.9 Å². The van der Waals surface area contributed by atoms with Gasteiger partial charge in [-0.2, -0.15) is 0 Å². The lowest BCUT2D eigenvalue weighted by molar-refractivity contribution is -0.128. The van der Waals surface area contributed by atoms with Crippen molar-refractivity contribution >= 4 is 27.8 Å². The lowest BCUT2D eigenvalue weighted by Crippen LogP contribution is -2.39. The number of anilines is 1. The number of carbonyl (C=O) groups is 1. The molecule has 2 fully saturated rings. The van der Waals surface area contributed by atoms with Gasteiger partial charge in [0.05, 0.1) is 4.47 Å². The summed E-state index contributed by atoms with van der Waals surface area (Å²) < 4.78 is 0.906. The molecule has 20 heavy (non-hydrogen) atoms. The van der Waals surface area contributed by atoms with Crippen LogP contribution in [-0.4, -0.2) is 47.0 Å². The Balaban J connectivity index is 1.51. The van der Waals surface area contributed by atoms with Gasteiger partial charge in [-0.25, -0.2) is 9.97 Å². The zero-order valence-corrected chi connectivity index (χ0v) is 13.0. The second kappa shape index (κ2) is 6.08. The number of hydrogen-bond acceptors (Lipinski definition) is 4. The Bertz CT molecular complexity index is 471. The average molecular weight is 339 g/mol. The van der Waals surface area contributed by atoms with E-state index < -0.39 is 0 Å². The van der Waals surface area contributed by atoms with Crippen molar-refractivity contribution in [1.82, 2.24) is 14.9 Å². The van der Waals surface area contributed by atoms with Crippen LogP contribution in [0.15, 0.2) is 16.9 Å². The van der Waals surface area contributed by atoms with E-state index in [0.29, 0.717) is 11.8 Å². The Morgan fingerprint density at radius 3 is 2.50 bits per heavy atom. The van der Waals surface area contributed by atoms with E-state index >= 15 is 0 Å². The van der Waals surface area contributed by atoms with Crippen molar-refractivity contribution in [3.63, 3.8) is 0 Å². The van der Waals surface area contributed by atoms with Gasteiger partial charge in [0.1, 0.15) is 0 Å². The van der Waals surface area contributed by atoms with Crippen molar-refractivity contribution < 1.29 is 4.79 Å². The van der Waals surface area contributed by atoms with Gasteiger partial charge in [0.25, 0.3) is 0 Å². The van der Waals surface area contributed by atoms with Gasteiger partial charge in [-0.1, -0.05) is 0 Å². The van der Waals surface area contributed by atoms with Crippen molar-refractivity contribution in [3.05, 3.63) is 16.9 Å². The number of likely N-dealkylation sites (tertiary alicyclic amines) is 1. The molecule has 0 bridgehead atoms. The topological polar surface area (TPSA) is 49.3 Å². The maximum atomic E-state index is 11.7. The first-order valence-electron chi connectivity index (χ1n) is 7.22. The zero-order valence-electron chi connectivity index (χ0n) is 11.5. The normalized spacial score (nSPS) is 20.8. The summed E-state index contributed by atoms with van der Waals surface area (Å²) in [6, 6.07) is 0. The fourth-order valence-electron chi connectivity index (χ4n) is 2.99. The van der Waals surface area contributed by atoms with Crippen LogP contribution in [0.4, 0.5) is 5.95 Å². The minimum Gasteiger partial charge on any atom is -0.342 e. The van der Waals surface area contributed by atoms with Crippen LogP contribution in [0.25, 0.3) is 0 Å². The van der Waals surface area contributed by atoms with E-state index in [-0.39, 0.29) is 0 Å². The third-order valence-electron chi connectivity index (χ3n) is 4.15. The second-order valence-corrected chi connectivity index (χ2v) is 6.49. The SMILES string of the molecule is O=C1CCCN1CC1CCN(c2ncc(Br)cn2)CC1. The number of aromatic nitrogens is 2. The van der Waals surface area contributed by atoms with Crippen LogP contribution in [0.3, 0.4) is 0 Å². The maximum Gasteiger partial charge on any atom is 0.225 e. The van der Waals surface area contributed by atoms with Gasteiger partial charge in [-0.05, 0) is 41.1 Å². The van der Waals surface area contributed by atoms with Crippen molar-refractivity contribution in [2.45, 2.75) is 25.7 Å². The molecule has 0 aliphatic carbocycles. The molecular weight excluding hydrogens is 320 g/mol. The van der Waals surface area contributed by atoms with Gasteiger partial charge >= 0.3 is 0 Å². The van der Waals surface area contributed by atoms with Crippen LogP contribution in [0, 0.1) is 5.92 Å². The van der Waals surface area contributed by atoms with Crippen molar-refractivity contribution in [1.29, 1.82) is 0 Å². The summed E-state index contributed by atoms with van der Waals surface area (Å²) in [4.78, 5) is 24.6. The Morgan fingerprint density at radius 1 is 1.20 bits per heavy atom. The molecule has 0 atom stereocenters. The summed E-state index contributed by atoms with van der Waals surface area (Å²) in [6.07, 6.45) is 7.58. The molecule has 2 aliphatic rings. The highest BCUT2D eigenvalue weighted by Gasteiger charge is 2.26. The molecule has 0 unspecified atom stereocenters. The van der Waals surface area contributed by atoms with Gasteiger partial charge in [0.15, 0.2) is 0 Å². The first-order chi connectivity index (χ1) is 9.72. The molecule has 1 aromatic heterocycles. The van der Waals surface area contributed by atoms with Gasteiger partial charge in [-0.3, -0.25) is 4.79 Å². The highest BCUT2D eigenvalue weighted by molar-refractivity contribution is 9.10. The van der Waals surface area contributed by atoms with Gasteiger partial charge < -0.3 is 9.80 Å². The number of amides is 1. The minimum atomic E-state index is 0.337. The van der Waals surface area contributed by atoms with Crippen molar-refractivity contribution in [3.8, 4) is 0 Å². The van der Waals surface area contributed by atoms with Crippen molar-refractivity contribution in [2.24, 2.45) is 5.92 Å². The quantitative estimate of drug-likeness (QED) is 0.846. The second-order valence-electron chi connectivity index (χ2n) is 5.58. The molecule has 0 spiro atoms. The fraction of sp³-hybridized carbons (Fsp3) is 0.643. The van der Waals surface area contributed by atoms with E-state index in [4.69, 9.17) is 0 Å². The summed E-state index contributed by atoms with van der Waals surface area (Å²) in [5.74, 6) is 1.77. The molecule has 6 heteroatoms. The van der Waals surface area contributed by atoms with Gasteiger partial charge in [-0.15, -0.1) is 0 Å².